The Labute approximate surface area is 803 Å². The minimum Gasteiger partial charge on any atom is -0.503 e. The van der Waals surface area contributed by atoms with E-state index in [-0.39, 0.29) is 153 Å². The number of ether oxygens (including phenoxy) is 5. The van der Waals surface area contributed by atoms with Crippen LogP contribution in [0.3, 0.4) is 0 Å². The van der Waals surface area contributed by atoms with Crippen LogP contribution >= 0.6 is 24.0 Å². The van der Waals surface area contributed by atoms with E-state index >= 15 is 0 Å². The lowest BCUT2D eigenvalue weighted by atomic mass is 10.1. The Balaban J connectivity index is 0.000000207. The molecule has 1 aliphatic heterocycles. The molecule has 1 atom stereocenters. The van der Waals surface area contributed by atoms with E-state index < -0.39 is 127 Å². The molecular weight excluding hydrogens is 1880 g/mol. The second kappa shape index (κ2) is 50.1. The number of methoxy groups -OCH3 is 5. The zero-order valence-electron chi connectivity index (χ0n) is 74.6. The van der Waals surface area contributed by atoms with Crippen LogP contribution in [0.15, 0.2) is 272 Å². The number of alkyl halides is 1. The standard InChI is InChI=1S/C26H27F2N3O6.C24H21F2N3O5.C24H19F2N3O4.C23H17F2N3O4.CH3Cl.CH4.ClH/c1-35-21(36-2)15-31(14-17-6-10-19(28)11-7-17)26(34)22-24(37-3)23(32)20(13-29-22)25(33)30-12-16-4-8-18(27)9-5-16;1-34-22-20-24(33)28(11-15-4-8-17(26)9-5-15)13-19(30)29(20)12-18(21(22)31)23(32)27-10-14-2-6-16(25)7-3-14;1-33-22-20-24(32)29(13-16-4-8-18(26)9-5-16)11-10-28(20)14-19(21(22)30)23(31)27-12-15-2-6-17(25)7-3-15;24-16-5-1-14(2-6-16)11-26-22(31)18-13-27-9-10-28(12-15-3-7-17(25)8-4-15)23(32)19(27)21(30)20(18)29;1-2;;/h4-11,13,21H,12,14-15H2,1-3H3,(H,29,32)(H,30,33);2-9,12,19,30H,10-11,13H2,1H3,(H,27,32);2-11,14H,12-13H2,1H3,(H,27,31);1-10,13,30H,11-12H2,(H,26,31);1H3;1H4;1H. The number of hydrogen-bond donors (Lipinski definition) is 7. The number of hydrogen-bond acceptors (Lipinski definition) is 19. The van der Waals surface area contributed by atoms with Gasteiger partial charge in [-0.2, -0.15) is 0 Å². The first kappa shape index (κ1) is 108. The number of nitrogens with zero attached hydrogens (tertiary/aromatic N) is 7. The van der Waals surface area contributed by atoms with Gasteiger partial charge in [-0.3, -0.25) is 57.5 Å². The molecule has 7 heterocycles. The number of aromatic hydroxyl groups is 1. The first-order chi connectivity index (χ1) is 66.2. The molecule has 0 radical (unpaired) electrons. The summed E-state index contributed by atoms with van der Waals surface area (Å²) >= 11 is 4.64. The van der Waals surface area contributed by atoms with Crippen LogP contribution in [0, 0.1) is 46.5 Å². The molecule has 0 bridgehead atoms. The summed E-state index contributed by atoms with van der Waals surface area (Å²) in [5.74, 6) is -9.17. The lowest BCUT2D eigenvalue weighted by molar-refractivity contribution is -0.112. The van der Waals surface area contributed by atoms with Crippen LogP contribution in [-0.4, -0.2) is 144 Å². The van der Waals surface area contributed by atoms with Crippen molar-refractivity contribution in [2.24, 2.45) is 0 Å². The molecule has 15 rings (SSSR count). The fourth-order valence-corrected chi connectivity index (χ4v) is 14.0. The number of aromatic amines is 1. The van der Waals surface area contributed by atoms with E-state index in [9.17, 15) is 103 Å². The first-order valence-electron chi connectivity index (χ1n) is 41.5. The van der Waals surface area contributed by atoms with Crippen molar-refractivity contribution < 1.29 is 97.8 Å². The molecule has 8 aromatic carbocycles. The highest BCUT2D eigenvalue weighted by Gasteiger charge is 2.36. The summed E-state index contributed by atoms with van der Waals surface area (Å²) in [5, 5.41) is 31.4. The number of rotatable bonds is 28. The number of amides is 6. The molecule has 6 aromatic heterocycles. The number of halogens is 10. The maximum Gasteiger partial charge on any atom is 0.279 e. The summed E-state index contributed by atoms with van der Waals surface area (Å²) in [7, 11) is 6.47. The molecular formula is C99H92Cl2F8N12O19. The van der Waals surface area contributed by atoms with Crippen molar-refractivity contribution in [3.63, 3.8) is 0 Å². The van der Waals surface area contributed by atoms with Crippen molar-refractivity contribution in [2.75, 3.05) is 55.0 Å². The van der Waals surface area contributed by atoms with Crippen LogP contribution in [0.25, 0.3) is 11.0 Å². The summed E-state index contributed by atoms with van der Waals surface area (Å²) in [4.78, 5) is 160. The predicted molar refractivity (Wildman–Crippen MR) is 503 cm³/mol. The molecule has 6 amide bonds. The summed E-state index contributed by atoms with van der Waals surface area (Å²) in [6.07, 6.45) is 10.0. The lowest BCUT2D eigenvalue weighted by Gasteiger charge is -2.34. The normalized spacial score (nSPS) is 11.7. The Morgan fingerprint density at radius 1 is 0.421 bits per heavy atom. The van der Waals surface area contributed by atoms with Crippen LogP contribution in [0.2, 0.25) is 0 Å². The van der Waals surface area contributed by atoms with Crippen molar-refractivity contribution in [2.45, 2.75) is 72.3 Å². The number of fused-ring (bicyclic) bond motifs is 3. The van der Waals surface area contributed by atoms with Crippen molar-refractivity contribution in [1.82, 2.24) is 58.6 Å². The number of aliphatic hydroxyl groups excluding tert-OH is 1. The van der Waals surface area contributed by atoms with E-state index in [4.69, 9.17) is 23.7 Å². The van der Waals surface area contributed by atoms with Gasteiger partial charge in [0.05, 0.1) is 47.5 Å². The summed E-state index contributed by atoms with van der Waals surface area (Å²) in [5.41, 5.74) is -1.18. The quantitative estimate of drug-likeness (QED) is 0.0136. The Hall–Kier alpha value is -16.1. The van der Waals surface area contributed by atoms with Crippen LogP contribution in [-0.2, 0) is 61.8 Å². The molecule has 140 heavy (non-hydrogen) atoms. The lowest BCUT2D eigenvalue weighted by Crippen LogP contribution is -2.45. The third-order valence-corrected chi connectivity index (χ3v) is 21.1. The monoisotopic (exact) mass is 1970 g/mol. The van der Waals surface area contributed by atoms with Crippen molar-refractivity contribution in [3.05, 3.63) is 430 Å². The molecule has 732 valence electrons. The molecule has 0 saturated carbocycles. The largest absolute Gasteiger partial charge is 0.503 e. The zero-order chi connectivity index (χ0) is 99.7. The maximum absolute atomic E-state index is 13.5. The Morgan fingerprint density at radius 3 is 1.11 bits per heavy atom. The number of β-amino-alcohol motifs (C(OH)–C–C–N with tert-alkyl or cyclic N) is 1. The summed E-state index contributed by atoms with van der Waals surface area (Å²) < 4.78 is 137. The number of carbonyl (C=O) groups excluding carboxylic acids is 6. The number of carbonyl (C=O) groups is 6. The van der Waals surface area contributed by atoms with Gasteiger partial charge >= 0.3 is 0 Å². The second-order valence-electron chi connectivity index (χ2n) is 30.2. The molecule has 7 N–H and O–H groups in total. The zero-order valence-corrected chi connectivity index (χ0v) is 76.2. The van der Waals surface area contributed by atoms with Gasteiger partial charge in [-0.05, 0) is 142 Å². The van der Waals surface area contributed by atoms with Crippen LogP contribution in [0.5, 0.6) is 23.0 Å². The summed E-state index contributed by atoms with van der Waals surface area (Å²) in [6.45, 7) is 0.471. The third kappa shape index (κ3) is 27.0. The Morgan fingerprint density at radius 2 is 0.736 bits per heavy atom. The highest BCUT2D eigenvalue weighted by molar-refractivity contribution is 6.15. The SMILES string of the molecule is C.CCl.COc1c(=O)c(C(=O)NCc2ccc(F)cc2)cn2ccn(Cc3ccc(F)cc3)c(=O)c12.COc1c(C(=O)N(Cc2ccc(F)cc2)CC(OC)OC)[nH]cc(C(=O)NCc2ccc(F)cc2)c1=O.COc1c2n(cc(C(=O)NCc3ccc(F)cc3)c1=O)C(O)CN(Cc1ccc(F)cc1)C2=O.Cl.O=C(NCc1ccc(F)cc1)c1cn2ccn(Cc3ccc(F)cc3)c(=O)c2c(O)c1=O. The van der Waals surface area contributed by atoms with Gasteiger partial charge in [0, 0.05) is 109 Å². The molecule has 0 aliphatic carbocycles. The average molecular weight is 1980 g/mol. The second-order valence-corrected chi connectivity index (χ2v) is 30.2. The van der Waals surface area contributed by atoms with Gasteiger partial charge in [-0.15, -0.1) is 24.0 Å². The van der Waals surface area contributed by atoms with Gasteiger partial charge in [0.15, 0.2) is 51.7 Å². The average Bonchev–Trinajstić information content (AvgIpc) is 0.759. The Kier molecular flexibility index (Phi) is 38.5. The fourth-order valence-electron chi connectivity index (χ4n) is 14.0. The molecule has 41 heteroatoms. The number of nitrogens with one attached hydrogen (secondary N) is 5. The number of aliphatic hydroxyl groups is 1. The molecule has 0 fully saturated rings. The van der Waals surface area contributed by atoms with Crippen LogP contribution < -0.4 is 68.3 Å². The number of H-pyrrole nitrogens is 1. The molecule has 31 nitrogen and oxygen atoms in total. The highest BCUT2D eigenvalue weighted by Crippen LogP contribution is 2.29. The topological polar surface area (TPSA) is 385 Å². The molecule has 1 aliphatic rings. The fraction of sp³-hybridized carbons (Fsp3) is 0.192. The van der Waals surface area contributed by atoms with Crippen molar-refractivity contribution in [3.8, 4) is 23.0 Å². The molecule has 0 spiro atoms. The van der Waals surface area contributed by atoms with Gasteiger partial charge in [0.2, 0.25) is 21.7 Å². The van der Waals surface area contributed by atoms with Gasteiger partial charge < -0.3 is 92.5 Å². The van der Waals surface area contributed by atoms with E-state index in [1.54, 1.807) is 12.1 Å². The Bertz CT molecular complexity index is 7150. The van der Waals surface area contributed by atoms with E-state index in [1.165, 1.54) is 289 Å². The minimum atomic E-state index is -1.26. The highest BCUT2D eigenvalue weighted by atomic mass is 35.5. The number of aromatic nitrogens is 6. The number of pyridine rings is 4. The number of benzene rings is 8. The maximum atomic E-state index is 13.5. The van der Waals surface area contributed by atoms with Crippen molar-refractivity contribution >= 4 is 70.5 Å². The van der Waals surface area contributed by atoms with Gasteiger partial charge in [0.25, 0.3) is 46.6 Å². The van der Waals surface area contributed by atoms with E-state index in [0.29, 0.717) is 44.5 Å². The smallest absolute Gasteiger partial charge is 0.279 e. The molecule has 1 unspecified atom stereocenters. The third-order valence-electron chi connectivity index (χ3n) is 21.1. The minimum absolute atomic E-state index is 0. The van der Waals surface area contributed by atoms with Gasteiger partial charge in [-0.1, -0.05) is 104 Å². The predicted octanol–water partition coefficient (Wildman–Crippen LogP) is 12.1. The van der Waals surface area contributed by atoms with Crippen LogP contribution in [0.4, 0.5) is 35.1 Å². The molecule has 14 aromatic rings. The van der Waals surface area contributed by atoms with Gasteiger partial charge in [0.1, 0.15) is 75.0 Å². The van der Waals surface area contributed by atoms with E-state index in [1.807, 2.05) is 0 Å². The van der Waals surface area contributed by atoms with Crippen LogP contribution in [0.1, 0.15) is 121 Å². The molecule has 0 saturated heterocycles. The first-order valence-corrected chi connectivity index (χ1v) is 42.2. The summed E-state index contributed by atoms with van der Waals surface area (Å²) in [6, 6.07) is 44.5. The van der Waals surface area contributed by atoms with E-state index in [2.05, 4.69) is 37.9 Å². The van der Waals surface area contributed by atoms with Crippen molar-refractivity contribution in [1.29, 1.82) is 0 Å². The van der Waals surface area contributed by atoms with Gasteiger partial charge in [-0.25, -0.2) is 35.1 Å². The van der Waals surface area contributed by atoms with E-state index in [0.717, 1.165) is 17.0 Å².